The van der Waals surface area contributed by atoms with Crippen molar-refractivity contribution in [1.82, 2.24) is 29.5 Å². The highest BCUT2D eigenvalue weighted by Gasteiger charge is 2.49. The fourth-order valence-corrected chi connectivity index (χ4v) is 8.31. The van der Waals surface area contributed by atoms with Crippen molar-refractivity contribution in [2.75, 3.05) is 50.1 Å². The number of rotatable bonds is 7. The zero-order valence-corrected chi connectivity index (χ0v) is 28.5. The number of anilines is 2. The first-order valence-corrected chi connectivity index (χ1v) is 17.3. The summed E-state index contributed by atoms with van der Waals surface area (Å²) in [5, 5.41) is 16.5. The maximum Gasteiger partial charge on any atom is 0.318 e. The summed E-state index contributed by atoms with van der Waals surface area (Å²) in [6.07, 6.45) is 2.32. The van der Waals surface area contributed by atoms with Gasteiger partial charge in [-0.2, -0.15) is 15.1 Å². The van der Waals surface area contributed by atoms with E-state index in [2.05, 4.69) is 10.00 Å². The first-order chi connectivity index (χ1) is 24.0. The van der Waals surface area contributed by atoms with E-state index in [4.69, 9.17) is 14.7 Å². The van der Waals surface area contributed by atoms with Crippen LogP contribution in [0.4, 0.5) is 20.3 Å². The molecule has 8 rings (SSSR count). The first kappa shape index (κ1) is 32.4. The maximum absolute atomic E-state index is 15.1. The number of aryl methyl sites for hydroxylation is 2. The lowest BCUT2D eigenvalue weighted by molar-refractivity contribution is 0.0820. The van der Waals surface area contributed by atoms with Crippen LogP contribution in [0.25, 0.3) is 10.8 Å². The molecule has 0 saturated carbocycles. The molecule has 50 heavy (non-hydrogen) atoms. The van der Waals surface area contributed by atoms with Gasteiger partial charge in [-0.3, -0.25) is 19.2 Å². The maximum atomic E-state index is 15.1. The van der Waals surface area contributed by atoms with Gasteiger partial charge in [0, 0.05) is 51.6 Å². The van der Waals surface area contributed by atoms with E-state index in [0.717, 1.165) is 25.1 Å². The normalized spacial score (nSPS) is 21.8. The van der Waals surface area contributed by atoms with Crippen LogP contribution in [0, 0.1) is 5.82 Å². The number of ether oxygens (including phenoxy) is 1. The second kappa shape index (κ2) is 12.2. The molecule has 6 heterocycles. The number of phenolic OH excluding ortho intramolecular Hbond substituents is 1. The Morgan fingerprint density at radius 1 is 1.12 bits per heavy atom. The van der Waals surface area contributed by atoms with Crippen molar-refractivity contribution in [2.24, 2.45) is 0 Å². The average molecular weight is 687 g/mol. The highest BCUT2D eigenvalue weighted by atomic mass is 19.1. The SMILES string of the molecule is CCc1c(F)ccc2cc(O)cc(N3Cc4nc(OCC56CCCN5CC(F)C6)nc(N5CCCn6nc(C(=O)N(C)C)cc6C5)c4C3=O)c12. The fraction of sp³-hybridized carbons (Fsp3) is 0.472. The van der Waals surface area contributed by atoms with Gasteiger partial charge in [0.15, 0.2) is 5.69 Å². The van der Waals surface area contributed by atoms with E-state index in [0.29, 0.717) is 90.2 Å². The summed E-state index contributed by atoms with van der Waals surface area (Å²) in [6, 6.07) is 7.90. The third-order valence-corrected chi connectivity index (χ3v) is 10.7. The van der Waals surface area contributed by atoms with Crippen LogP contribution in [-0.4, -0.2) is 98.5 Å². The average Bonchev–Trinajstić information content (AvgIpc) is 3.80. The number of carbonyl (C=O) groups excluding carboxylic acids is 2. The zero-order chi connectivity index (χ0) is 34.9. The number of hydrogen-bond acceptors (Lipinski definition) is 9. The molecule has 2 aromatic carbocycles. The molecule has 0 aliphatic carbocycles. The minimum Gasteiger partial charge on any atom is -0.508 e. The topological polar surface area (TPSA) is 120 Å². The molecule has 262 valence electrons. The van der Waals surface area contributed by atoms with Crippen molar-refractivity contribution in [3.63, 3.8) is 0 Å². The van der Waals surface area contributed by atoms with Gasteiger partial charge in [0.25, 0.3) is 11.8 Å². The minimum absolute atomic E-state index is 0.0489. The molecule has 4 aromatic rings. The highest BCUT2D eigenvalue weighted by molar-refractivity contribution is 6.16. The first-order valence-electron chi connectivity index (χ1n) is 17.3. The van der Waals surface area contributed by atoms with Crippen LogP contribution in [-0.2, 0) is 26.1 Å². The van der Waals surface area contributed by atoms with Crippen molar-refractivity contribution in [3.8, 4) is 11.8 Å². The fourth-order valence-electron chi connectivity index (χ4n) is 8.31. The molecule has 0 spiro atoms. The molecule has 1 N–H and O–H groups in total. The summed E-state index contributed by atoms with van der Waals surface area (Å²) in [7, 11) is 3.36. The summed E-state index contributed by atoms with van der Waals surface area (Å²) in [5.41, 5.74) is 2.28. The van der Waals surface area contributed by atoms with Gasteiger partial charge in [0.1, 0.15) is 35.7 Å². The summed E-state index contributed by atoms with van der Waals surface area (Å²) >= 11 is 0. The number of hydrogen-bond donors (Lipinski definition) is 1. The standard InChI is InChI=1S/C36H40F2N8O4/c1-4-25-26(38)8-7-21-13-24(47)15-29(30(21)25)45-19-28-31(34(45)49)32(40-35(39-28)50-20-36-9-5-11-44(36)17-22(37)16-36)43-10-6-12-46-23(18-43)14-27(41-46)33(48)42(2)3/h7-8,13-15,22,47H,4-6,9-12,16-20H2,1-3H3. The highest BCUT2D eigenvalue weighted by Crippen LogP contribution is 2.43. The van der Waals surface area contributed by atoms with Crippen LogP contribution < -0.4 is 14.5 Å². The lowest BCUT2D eigenvalue weighted by Crippen LogP contribution is -2.43. The van der Waals surface area contributed by atoms with Crippen molar-refractivity contribution in [3.05, 3.63) is 64.4 Å². The van der Waals surface area contributed by atoms with Crippen molar-refractivity contribution in [1.29, 1.82) is 0 Å². The number of fused-ring (bicyclic) bond motifs is 4. The van der Waals surface area contributed by atoms with Crippen LogP contribution in [0.5, 0.6) is 11.8 Å². The Morgan fingerprint density at radius 2 is 1.96 bits per heavy atom. The Balaban J connectivity index is 1.21. The summed E-state index contributed by atoms with van der Waals surface area (Å²) in [5.74, 6) is -0.631. The van der Waals surface area contributed by atoms with E-state index in [1.165, 1.54) is 21.9 Å². The molecule has 2 fully saturated rings. The molecule has 2 saturated heterocycles. The largest absolute Gasteiger partial charge is 0.508 e. The second-order valence-electron chi connectivity index (χ2n) is 14.1. The molecule has 12 nitrogen and oxygen atoms in total. The smallest absolute Gasteiger partial charge is 0.318 e. The number of aromatic hydroxyl groups is 1. The van der Waals surface area contributed by atoms with E-state index in [-0.39, 0.29) is 42.5 Å². The third kappa shape index (κ3) is 5.31. The van der Waals surface area contributed by atoms with Crippen LogP contribution in [0.2, 0.25) is 0 Å². The summed E-state index contributed by atoms with van der Waals surface area (Å²) in [4.78, 5) is 44.1. The predicted octanol–water partition coefficient (Wildman–Crippen LogP) is 4.46. The molecular weight excluding hydrogens is 646 g/mol. The molecule has 0 radical (unpaired) electrons. The van der Waals surface area contributed by atoms with Gasteiger partial charge in [-0.15, -0.1) is 0 Å². The number of carbonyl (C=O) groups is 2. The number of nitrogens with zero attached hydrogens (tertiary/aromatic N) is 8. The van der Waals surface area contributed by atoms with Crippen molar-refractivity contribution < 1.29 is 28.2 Å². The molecule has 2 aromatic heterocycles. The van der Waals surface area contributed by atoms with Crippen LogP contribution in [0.1, 0.15) is 70.4 Å². The molecular formula is C36H40F2N8O4. The Bertz CT molecular complexity index is 2030. The van der Waals surface area contributed by atoms with Gasteiger partial charge in [0.05, 0.1) is 35.7 Å². The van der Waals surface area contributed by atoms with Crippen LogP contribution in [0.3, 0.4) is 0 Å². The summed E-state index contributed by atoms with van der Waals surface area (Å²) in [6.45, 7) is 4.78. The number of alkyl halides is 1. The molecule has 0 bridgehead atoms. The van der Waals surface area contributed by atoms with Gasteiger partial charge in [0.2, 0.25) is 0 Å². The Kier molecular flexibility index (Phi) is 7.88. The van der Waals surface area contributed by atoms with Gasteiger partial charge < -0.3 is 24.5 Å². The Morgan fingerprint density at radius 3 is 2.76 bits per heavy atom. The second-order valence-corrected chi connectivity index (χ2v) is 14.1. The van der Waals surface area contributed by atoms with Gasteiger partial charge >= 0.3 is 6.01 Å². The minimum atomic E-state index is -0.914. The number of halogens is 2. The van der Waals surface area contributed by atoms with Gasteiger partial charge in [-0.25, -0.2) is 8.78 Å². The Labute approximate surface area is 288 Å². The van der Waals surface area contributed by atoms with Crippen LogP contribution >= 0.6 is 0 Å². The van der Waals surface area contributed by atoms with Gasteiger partial charge in [-0.1, -0.05) is 13.0 Å². The van der Waals surface area contributed by atoms with E-state index >= 15 is 4.39 Å². The van der Waals surface area contributed by atoms with Gasteiger partial charge in [-0.05, 0) is 61.4 Å². The van der Waals surface area contributed by atoms with E-state index in [9.17, 15) is 19.1 Å². The molecule has 4 aliphatic heterocycles. The molecule has 2 amide bonds. The Hall–Kier alpha value is -4.85. The monoisotopic (exact) mass is 686 g/mol. The van der Waals surface area contributed by atoms with Crippen molar-refractivity contribution in [2.45, 2.75) is 70.4 Å². The summed E-state index contributed by atoms with van der Waals surface area (Å²) < 4.78 is 37.9. The van der Waals surface area contributed by atoms with Crippen LogP contribution in [0.15, 0.2) is 30.3 Å². The van der Waals surface area contributed by atoms with E-state index < -0.39 is 11.7 Å². The molecule has 4 aliphatic rings. The van der Waals surface area contributed by atoms with Crippen molar-refractivity contribution >= 4 is 34.1 Å². The zero-order valence-electron chi connectivity index (χ0n) is 28.5. The molecule has 2 unspecified atom stereocenters. The molecule has 14 heteroatoms. The number of benzene rings is 2. The number of amides is 2. The number of aromatic nitrogens is 4. The van der Waals surface area contributed by atoms with E-state index in [1.807, 2.05) is 16.5 Å². The quantitative estimate of drug-likeness (QED) is 0.301. The lowest BCUT2D eigenvalue weighted by atomic mass is 9.95. The third-order valence-electron chi connectivity index (χ3n) is 10.7. The predicted molar refractivity (Wildman–Crippen MR) is 182 cm³/mol. The number of phenols is 1. The lowest BCUT2D eigenvalue weighted by Gasteiger charge is -2.31. The van der Waals surface area contributed by atoms with E-state index in [1.54, 1.807) is 32.3 Å². The molecule has 2 atom stereocenters.